The predicted molar refractivity (Wildman–Crippen MR) is 441 cm³/mol. The van der Waals surface area contributed by atoms with Gasteiger partial charge in [-0.3, -0.25) is 19.5 Å². The van der Waals surface area contributed by atoms with Gasteiger partial charge in [-0.25, -0.2) is 24.9 Å². The van der Waals surface area contributed by atoms with Gasteiger partial charge >= 0.3 is 0 Å². The Hall–Kier alpha value is -11.9. The Morgan fingerprint density at radius 2 is 0.731 bits per heavy atom. The molecular formula is C86H112N14O3S. The highest BCUT2D eigenvalue weighted by molar-refractivity contribution is 7.12. The van der Waals surface area contributed by atoms with E-state index in [1.54, 1.807) is 116 Å². The molecule has 6 aromatic heterocycles. The van der Waals surface area contributed by atoms with Crippen molar-refractivity contribution >= 4 is 46.1 Å². The lowest BCUT2D eigenvalue weighted by Crippen LogP contribution is -2.12. The summed E-state index contributed by atoms with van der Waals surface area (Å²) in [7, 11) is 0. The van der Waals surface area contributed by atoms with E-state index < -0.39 is 0 Å². The van der Waals surface area contributed by atoms with Crippen molar-refractivity contribution in [1.82, 2.24) is 53.8 Å². The molecule has 17 nitrogen and oxygen atoms in total. The Kier molecular flexibility index (Phi) is 55.2. The molecule has 0 unspecified atom stereocenters. The van der Waals surface area contributed by atoms with Gasteiger partial charge in [-0.15, -0.1) is 11.3 Å². The smallest absolute Gasteiger partial charge is 0.255 e. The first-order valence-electron chi connectivity index (χ1n) is 36.2. The number of anilines is 3. The Morgan fingerprint density at radius 1 is 0.385 bits per heavy atom. The molecule has 5 N–H and O–H groups in total. The van der Waals surface area contributed by atoms with Crippen molar-refractivity contribution in [3.8, 4) is 52.6 Å². The number of amides is 3. The van der Waals surface area contributed by atoms with Crippen LogP contribution in [0.4, 0.5) is 17.1 Å². The first kappa shape index (κ1) is 94.1. The standard InChI is InChI=1S/C22H16N4OS.2C21H15N5O.11C2H6/c1-16-24-14-21(28-16)9-8-17-4-2-5-18(12-17)22(27)25-19-6-3-7-20(13-19)26-11-10-23-15-26;27-21(25-19-5-2-6-20(12-19)26-10-9-22-15-26)18-4-1-3-16(11-18)7-8-17-13-23-24-14-17;27-21(25-18-5-2-6-20(12-18)26-10-9-22-15-26)17-4-1-3-16(11-17)7-8-19-13-23-14-24-19;11*1-2/h2-7,10-15H,1H3,(H,25,27);2*1-6,9-15H,(H,23,24)(H,25,27);11*1-2H3. The first-order chi connectivity index (χ1) is 51.2. The minimum absolute atomic E-state index is 0.180. The summed E-state index contributed by atoms with van der Waals surface area (Å²) in [5, 5.41) is 16.3. The maximum Gasteiger partial charge on any atom is 0.255 e. The van der Waals surface area contributed by atoms with Gasteiger partial charge in [-0.05, 0) is 128 Å². The molecule has 0 saturated heterocycles. The summed E-state index contributed by atoms with van der Waals surface area (Å²) in [6.07, 6.45) is 24.2. The van der Waals surface area contributed by atoms with Crippen molar-refractivity contribution in [3.05, 3.63) is 287 Å². The topological polar surface area (TPSA) is 211 Å². The van der Waals surface area contributed by atoms with Crippen molar-refractivity contribution in [2.24, 2.45) is 0 Å². The third-order valence-corrected chi connectivity index (χ3v) is 12.6. The van der Waals surface area contributed by atoms with Crippen molar-refractivity contribution in [2.75, 3.05) is 16.0 Å². The largest absolute Gasteiger partial charge is 0.338 e. The van der Waals surface area contributed by atoms with Crippen molar-refractivity contribution in [1.29, 1.82) is 0 Å². The second kappa shape index (κ2) is 61.0. The zero-order valence-corrected chi connectivity index (χ0v) is 66.4. The molecule has 0 aliphatic rings. The monoisotopic (exact) mass is 1420 g/mol. The number of aromatic amines is 2. The molecule has 0 spiro atoms. The molecule has 0 aliphatic heterocycles. The van der Waals surface area contributed by atoms with Crippen LogP contribution in [0.2, 0.25) is 0 Å². The first-order valence-corrected chi connectivity index (χ1v) is 37.0. The highest BCUT2D eigenvalue weighted by Crippen LogP contribution is 2.20. The molecule has 0 radical (unpaired) electrons. The minimum atomic E-state index is -0.192. The average molecular weight is 1420 g/mol. The Labute approximate surface area is 626 Å². The van der Waals surface area contributed by atoms with E-state index in [1.807, 2.05) is 301 Å². The highest BCUT2D eigenvalue weighted by Gasteiger charge is 2.11. The lowest BCUT2D eigenvalue weighted by molar-refractivity contribution is 0.101. The summed E-state index contributed by atoms with van der Waals surface area (Å²) in [6.45, 7) is 45.9. The maximum absolute atomic E-state index is 12.7. The lowest BCUT2D eigenvalue weighted by atomic mass is 10.1. The fraction of sp³-hybridized carbons (Fsp3) is 0.267. The van der Waals surface area contributed by atoms with Crippen LogP contribution in [0, 0.1) is 42.4 Å². The zero-order chi connectivity index (χ0) is 78.3. The van der Waals surface area contributed by atoms with Crippen LogP contribution >= 0.6 is 11.3 Å². The fourth-order valence-corrected chi connectivity index (χ4v) is 8.40. The number of nitrogens with one attached hydrogen (secondary N) is 5. The van der Waals surface area contributed by atoms with Gasteiger partial charge in [0.05, 0.1) is 59.3 Å². The van der Waals surface area contributed by atoms with E-state index >= 15 is 0 Å². The number of nitrogens with zero attached hydrogens (tertiary/aromatic N) is 9. The number of aryl methyl sites for hydroxylation is 1. The van der Waals surface area contributed by atoms with E-state index in [1.165, 1.54) is 0 Å². The van der Waals surface area contributed by atoms with Crippen LogP contribution in [-0.4, -0.2) is 71.5 Å². The van der Waals surface area contributed by atoms with Crippen molar-refractivity contribution in [3.63, 3.8) is 0 Å². The summed E-state index contributed by atoms with van der Waals surface area (Å²) in [6, 6.07) is 44.4. The van der Waals surface area contributed by atoms with Gasteiger partial charge in [0, 0.05) is 111 Å². The number of carbonyl (C=O) groups is 3. The normalized spacial score (nSPS) is 8.61. The molecule has 0 atom stereocenters. The molecule has 0 saturated carbocycles. The van der Waals surface area contributed by atoms with Crippen LogP contribution in [0.15, 0.2) is 233 Å². The number of hydrogen-bond donors (Lipinski definition) is 5. The fourth-order valence-electron chi connectivity index (χ4n) is 7.77. The van der Waals surface area contributed by atoms with E-state index in [0.29, 0.717) is 33.8 Å². The maximum atomic E-state index is 12.7. The van der Waals surface area contributed by atoms with Gasteiger partial charge in [0.25, 0.3) is 17.7 Å². The summed E-state index contributed by atoms with van der Waals surface area (Å²) in [5.41, 5.74) is 10.4. The van der Waals surface area contributed by atoms with Crippen LogP contribution in [0.3, 0.4) is 0 Å². The van der Waals surface area contributed by atoms with E-state index in [9.17, 15) is 14.4 Å². The molecule has 6 aromatic carbocycles. The average Bonchev–Trinajstić information content (AvgIpc) is 0.908. The molecule has 104 heavy (non-hydrogen) atoms. The van der Waals surface area contributed by atoms with Crippen molar-refractivity contribution in [2.45, 2.75) is 159 Å². The SMILES string of the molecule is CC.CC.CC.CC.CC.CC.CC.CC.CC.CC.CC.Cc1ncc(C#Cc2cccc(C(=O)Nc3cccc(-n4ccnc4)c3)c2)s1.O=C(Nc1cccc(-n2ccnc2)c1)c1cccc(C#Cc2cn[nH]c2)c1.O=C(Nc1cccc(-n2ccnc2)c1)c1cccc(C#Cc2cnc[nH]2)c1. The number of thiazole rings is 1. The summed E-state index contributed by atoms with van der Waals surface area (Å²) in [4.78, 5) is 61.9. The highest BCUT2D eigenvalue weighted by atomic mass is 32.1. The van der Waals surface area contributed by atoms with E-state index in [-0.39, 0.29) is 17.7 Å². The quantitative estimate of drug-likeness (QED) is 0.0869. The van der Waals surface area contributed by atoms with Gasteiger partial charge in [0.1, 0.15) is 5.69 Å². The Bertz CT molecular complexity index is 4130. The van der Waals surface area contributed by atoms with Crippen molar-refractivity contribution < 1.29 is 14.4 Å². The van der Waals surface area contributed by atoms with Gasteiger partial charge in [-0.2, -0.15) is 5.10 Å². The number of imidazole rings is 4. The van der Waals surface area contributed by atoms with Gasteiger partial charge in [0.2, 0.25) is 0 Å². The van der Waals surface area contributed by atoms with Crippen LogP contribution in [0.5, 0.6) is 0 Å². The zero-order valence-electron chi connectivity index (χ0n) is 65.6. The van der Waals surface area contributed by atoms with Crippen LogP contribution in [-0.2, 0) is 0 Å². The lowest BCUT2D eigenvalue weighted by Gasteiger charge is -2.08. The van der Waals surface area contributed by atoms with E-state index in [4.69, 9.17) is 0 Å². The Morgan fingerprint density at radius 3 is 1.04 bits per heavy atom. The molecule has 3 amide bonds. The second-order valence-electron chi connectivity index (χ2n) is 17.6. The molecule has 0 fully saturated rings. The number of benzene rings is 6. The van der Waals surface area contributed by atoms with Crippen LogP contribution < -0.4 is 16.0 Å². The molecule has 18 heteroatoms. The van der Waals surface area contributed by atoms with Gasteiger partial charge in [-0.1, -0.05) is 212 Å². The van der Waals surface area contributed by atoms with E-state index in [2.05, 4.69) is 91.6 Å². The number of H-pyrrole nitrogens is 2. The molecule has 0 bridgehead atoms. The molecule has 12 aromatic rings. The van der Waals surface area contributed by atoms with Gasteiger partial charge < -0.3 is 34.6 Å². The third-order valence-electron chi connectivity index (χ3n) is 11.7. The number of rotatable bonds is 9. The predicted octanol–water partition coefficient (Wildman–Crippen LogP) is 22.1. The molecule has 12 rings (SSSR count). The minimum Gasteiger partial charge on any atom is -0.338 e. The molecule has 6 heterocycles. The number of carbonyl (C=O) groups excluding carboxylic acids is 3. The number of hydrogen-bond acceptors (Lipinski definition) is 10. The van der Waals surface area contributed by atoms with Crippen LogP contribution in [0.1, 0.15) is 221 Å². The molecule has 550 valence electrons. The molecular weight excluding hydrogens is 1310 g/mol. The van der Waals surface area contributed by atoms with Gasteiger partial charge in [0.15, 0.2) is 0 Å². The molecule has 0 aliphatic carbocycles. The Balaban J connectivity index is 0. The summed E-state index contributed by atoms with van der Waals surface area (Å²) >= 11 is 1.55. The van der Waals surface area contributed by atoms with Crippen LogP contribution in [0.25, 0.3) is 17.1 Å². The summed E-state index contributed by atoms with van der Waals surface area (Å²) < 4.78 is 5.63. The second-order valence-corrected chi connectivity index (χ2v) is 18.8. The van der Waals surface area contributed by atoms with E-state index in [0.717, 1.165) is 54.9 Å². The number of aromatic nitrogens is 11. The summed E-state index contributed by atoms with van der Waals surface area (Å²) in [5.74, 6) is 17.6. The third kappa shape index (κ3) is 34.9.